The van der Waals surface area contributed by atoms with Gasteiger partial charge in [-0.2, -0.15) is 0 Å². The van der Waals surface area contributed by atoms with E-state index in [0.29, 0.717) is 27.4 Å². The van der Waals surface area contributed by atoms with Gasteiger partial charge in [-0.05, 0) is 37.3 Å². The Morgan fingerprint density at radius 3 is 2.69 bits per heavy atom. The molecular weight excluding hydrogens is 412 g/mol. The molecule has 3 aromatic rings. The van der Waals surface area contributed by atoms with Crippen molar-refractivity contribution in [2.75, 3.05) is 18.2 Å². The normalized spacial score (nSPS) is 11.7. The molecule has 0 aliphatic heterocycles. The lowest BCUT2D eigenvalue weighted by molar-refractivity contribution is -0.113. The lowest BCUT2D eigenvalue weighted by atomic mass is 10.3. The summed E-state index contributed by atoms with van der Waals surface area (Å²) in [4.78, 5) is 12.3. The van der Waals surface area contributed by atoms with Crippen LogP contribution in [0.4, 0.5) is 5.69 Å². The van der Waals surface area contributed by atoms with Crippen molar-refractivity contribution < 1.29 is 14.3 Å². The van der Waals surface area contributed by atoms with E-state index in [9.17, 15) is 4.79 Å². The molecule has 2 aromatic carbocycles. The maximum atomic E-state index is 12.3. The van der Waals surface area contributed by atoms with Crippen LogP contribution in [0.3, 0.4) is 0 Å². The number of hydrogen-bond acceptors (Lipinski definition) is 6. The third-order valence-corrected chi connectivity index (χ3v) is 5.37. The molecule has 0 aliphatic carbocycles. The largest absolute Gasteiger partial charge is 0.495 e. The molecule has 0 unspecified atom stereocenters. The zero-order chi connectivity index (χ0) is 20.8. The highest BCUT2D eigenvalue weighted by Gasteiger charge is 2.18. The van der Waals surface area contributed by atoms with E-state index in [0.717, 1.165) is 5.75 Å². The van der Waals surface area contributed by atoms with Crippen LogP contribution in [0.1, 0.15) is 18.9 Å². The maximum absolute atomic E-state index is 12.3. The number of halogens is 1. The minimum Gasteiger partial charge on any atom is -0.495 e. The molecule has 0 radical (unpaired) electrons. The zero-order valence-electron chi connectivity index (χ0n) is 16.3. The van der Waals surface area contributed by atoms with E-state index in [-0.39, 0.29) is 17.8 Å². The number of para-hydroxylation sites is 1. The minimum absolute atomic E-state index is 0.172. The first-order valence-corrected chi connectivity index (χ1v) is 10.2. The molecule has 9 heteroatoms. The number of carbonyl (C=O) groups excluding carboxylic acids is 1. The smallest absolute Gasteiger partial charge is 0.234 e. The lowest BCUT2D eigenvalue weighted by Crippen LogP contribution is -2.15. The fraction of sp³-hybridized carbons (Fsp3) is 0.250. The summed E-state index contributed by atoms with van der Waals surface area (Å²) in [5.41, 5.74) is 0.602. The Labute approximate surface area is 178 Å². The highest BCUT2D eigenvalue weighted by Crippen LogP contribution is 2.28. The van der Waals surface area contributed by atoms with E-state index in [2.05, 4.69) is 15.5 Å². The number of nitrogens with one attached hydrogen (secondary N) is 1. The third kappa shape index (κ3) is 5.42. The van der Waals surface area contributed by atoms with Crippen LogP contribution in [-0.4, -0.2) is 33.5 Å². The zero-order valence-corrected chi connectivity index (χ0v) is 17.8. The average Bonchev–Trinajstić information content (AvgIpc) is 3.08. The van der Waals surface area contributed by atoms with Gasteiger partial charge in [-0.3, -0.25) is 4.79 Å². The van der Waals surface area contributed by atoms with Gasteiger partial charge in [-0.25, -0.2) is 0 Å². The summed E-state index contributed by atoms with van der Waals surface area (Å²) < 4.78 is 12.8. The summed E-state index contributed by atoms with van der Waals surface area (Å²) in [6.07, 6.45) is -0.278. The Kier molecular flexibility index (Phi) is 7.00. The number of amides is 1. The molecule has 152 valence electrons. The molecule has 7 nitrogen and oxygen atoms in total. The van der Waals surface area contributed by atoms with Crippen molar-refractivity contribution in [3.63, 3.8) is 0 Å². The Hall–Kier alpha value is -2.71. The predicted octanol–water partition coefficient (Wildman–Crippen LogP) is 4.35. The summed E-state index contributed by atoms with van der Waals surface area (Å²) in [5.74, 6) is 2.00. The van der Waals surface area contributed by atoms with Crippen LogP contribution in [0.15, 0.2) is 53.7 Å². The van der Waals surface area contributed by atoms with Gasteiger partial charge in [0, 0.05) is 12.7 Å². The van der Waals surface area contributed by atoms with Crippen LogP contribution in [0.2, 0.25) is 5.02 Å². The van der Waals surface area contributed by atoms with Crippen molar-refractivity contribution in [2.24, 2.45) is 7.05 Å². The van der Waals surface area contributed by atoms with Gasteiger partial charge in [-0.1, -0.05) is 41.6 Å². The van der Waals surface area contributed by atoms with Crippen molar-refractivity contribution in [1.29, 1.82) is 0 Å². The molecule has 0 aliphatic rings. The molecule has 1 heterocycles. The van der Waals surface area contributed by atoms with Gasteiger partial charge in [-0.15, -0.1) is 10.2 Å². The first-order valence-electron chi connectivity index (χ1n) is 8.85. The third-order valence-electron chi connectivity index (χ3n) is 4.06. The Balaban J connectivity index is 1.57. The van der Waals surface area contributed by atoms with Gasteiger partial charge in [0.15, 0.2) is 17.1 Å². The monoisotopic (exact) mass is 432 g/mol. The minimum atomic E-state index is -0.278. The predicted molar refractivity (Wildman–Crippen MR) is 114 cm³/mol. The van der Waals surface area contributed by atoms with Crippen LogP contribution in [0.25, 0.3) is 0 Å². The van der Waals surface area contributed by atoms with E-state index in [1.54, 1.807) is 18.2 Å². The number of benzene rings is 2. The van der Waals surface area contributed by atoms with E-state index >= 15 is 0 Å². The topological polar surface area (TPSA) is 78.3 Å². The highest BCUT2D eigenvalue weighted by atomic mass is 35.5. The molecule has 29 heavy (non-hydrogen) atoms. The van der Waals surface area contributed by atoms with E-state index < -0.39 is 0 Å². The van der Waals surface area contributed by atoms with Gasteiger partial charge in [0.2, 0.25) is 5.91 Å². The molecular formula is C20H21ClN4O3S. The van der Waals surface area contributed by atoms with E-state index in [1.807, 2.05) is 48.9 Å². The molecule has 3 rings (SSSR count). The van der Waals surface area contributed by atoms with Gasteiger partial charge >= 0.3 is 0 Å². The van der Waals surface area contributed by atoms with Gasteiger partial charge in [0.25, 0.3) is 0 Å². The van der Waals surface area contributed by atoms with Crippen LogP contribution in [-0.2, 0) is 11.8 Å². The van der Waals surface area contributed by atoms with Crippen molar-refractivity contribution in [1.82, 2.24) is 14.8 Å². The number of rotatable bonds is 8. The Morgan fingerprint density at radius 1 is 1.24 bits per heavy atom. The molecule has 1 aromatic heterocycles. The van der Waals surface area contributed by atoms with Crippen molar-refractivity contribution in [2.45, 2.75) is 18.2 Å². The number of ether oxygens (including phenoxy) is 2. The van der Waals surface area contributed by atoms with E-state index in [1.165, 1.54) is 18.9 Å². The second-order valence-electron chi connectivity index (χ2n) is 6.16. The molecule has 1 amide bonds. The highest BCUT2D eigenvalue weighted by molar-refractivity contribution is 7.99. The Bertz CT molecular complexity index is 981. The van der Waals surface area contributed by atoms with Crippen molar-refractivity contribution >= 4 is 35.0 Å². The van der Waals surface area contributed by atoms with Crippen LogP contribution >= 0.6 is 23.4 Å². The van der Waals surface area contributed by atoms with E-state index in [4.69, 9.17) is 21.1 Å². The number of thioether (sulfide) groups is 1. The van der Waals surface area contributed by atoms with Crippen molar-refractivity contribution in [3.05, 3.63) is 59.4 Å². The summed E-state index contributed by atoms with van der Waals surface area (Å²) in [5, 5.41) is 12.2. The first kappa shape index (κ1) is 21.0. The van der Waals surface area contributed by atoms with Crippen molar-refractivity contribution in [3.8, 4) is 11.5 Å². The summed E-state index contributed by atoms with van der Waals surface area (Å²) >= 11 is 7.38. The molecule has 1 atom stereocenters. The number of nitrogens with zero attached hydrogens (tertiary/aromatic N) is 3. The quantitative estimate of drug-likeness (QED) is 0.533. The average molecular weight is 433 g/mol. The second kappa shape index (κ2) is 9.67. The fourth-order valence-corrected chi connectivity index (χ4v) is 3.61. The van der Waals surface area contributed by atoms with Crippen LogP contribution < -0.4 is 14.8 Å². The first-order chi connectivity index (χ1) is 14.0. The summed E-state index contributed by atoms with van der Waals surface area (Å²) in [7, 11) is 3.39. The SMILES string of the molecule is COc1ccc(NC(=O)CSc2nnc([C@@H](C)Oc3ccccc3)n2C)cc1Cl. The molecule has 0 bridgehead atoms. The fourth-order valence-electron chi connectivity index (χ4n) is 2.63. The molecule has 0 fully saturated rings. The maximum Gasteiger partial charge on any atom is 0.234 e. The molecule has 0 spiro atoms. The van der Waals surface area contributed by atoms with Gasteiger partial charge in [0.1, 0.15) is 11.5 Å². The van der Waals surface area contributed by atoms with Gasteiger partial charge < -0.3 is 19.4 Å². The second-order valence-corrected chi connectivity index (χ2v) is 7.51. The molecule has 0 saturated carbocycles. The number of methoxy groups -OCH3 is 1. The van der Waals surface area contributed by atoms with Crippen LogP contribution in [0, 0.1) is 0 Å². The Morgan fingerprint density at radius 2 is 2.00 bits per heavy atom. The molecule has 1 N–H and O–H groups in total. The van der Waals surface area contributed by atoms with Gasteiger partial charge in [0.05, 0.1) is 17.9 Å². The number of hydrogen-bond donors (Lipinski definition) is 1. The number of carbonyl (C=O) groups is 1. The number of anilines is 1. The standard InChI is InChI=1S/C20H21ClN4O3S/c1-13(28-15-7-5-4-6-8-15)19-23-24-20(25(19)2)29-12-18(26)22-14-9-10-17(27-3)16(21)11-14/h4-11,13H,12H2,1-3H3,(H,22,26)/t13-/m1/s1. The summed E-state index contributed by atoms with van der Waals surface area (Å²) in [6.45, 7) is 1.91. The number of aromatic nitrogens is 3. The van der Waals surface area contributed by atoms with Crippen LogP contribution in [0.5, 0.6) is 11.5 Å². The molecule has 0 saturated heterocycles. The lowest BCUT2D eigenvalue weighted by Gasteiger charge is -2.14. The summed E-state index contributed by atoms with van der Waals surface area (Å²) in [6, 6.07) is 14.6.